The molecule has 0 spiro atoms. The largest absolute Gasteiger partial charge is 0.476 e. The van der Waals surface area contributed by atoms with E-state index in [2.05, 4.69) is 11.9 Å². The molecular weight excluding hydrogens is 138 g/mol. The van der Waals surface area contributed by atoms with Crippen molar-refractivity contribution in [1.29, 1.82) is 0 Å². The van der Waals surface area contributed by atoms with Crippen LogP contribution in [0.2, 0.25) is 0 Å². The molecule has 0 amide bonds. The van der Waals surface area contributed by atoms with Crippen LogP contribution in [-0.2, 0) is 4.74 Å². The van der Waals surface area contributed by atoms with Gasteiger partial charge in [0.15, 0.2) is 0 Å². The van der Waals surface area contributed by atoms with Crippen molar-refractivity contribution in [2.24, 2.45) is 4.99 Å². The van der Waals surface area contributed by atoms with Gasteiger partial charge in [0.05, 0.1) is 6.04 Å². The lowest BCUT2D eigenvalue weighted by atomic mass is 10.2. The molecule has 0 saturated heterocycles. The summed E-state index contributed by atoms with van der Waals surface area (Å²) < 4.78 is 5.32. The second kappa shape index (κ2) is 4.16. The zero-order valence-electron chi connectivity index (χ0n) is 7.21. The van der Waals surface area contributed by atoms with E-state index in [9.17, 15) is 0 Å². The van der Waals surface area contributed by atoms with Gasteiger partial charge in [0.2, 0.25) is 5.90 Å². The second-order valence-corrected chi connectivity index (χ2v) is 2.72. The molecule has 1 heterocycles. The van der Waals surface area contributed by atoms with Crippen molar-refractivity contribution >= 4 is 5.90 Å². The van der Waals surface area contributed by atoms with Crippen LogP contribution in [0.25, 0.3) is 0 Å². The highest BCUT2D eigenvalue weighted by atomic mass is 16.5. The normalized spacial score (nSPS) is 23.8. The lowest BCUT2D eigenvalue weighted by molar-refractivity contribution is 0.312. The van der Waals surface area contributed by atoms with Crippen LogP contribution in [0.1, 0.15) is 26.7 Å². The summed E-state index contributed by atoms with van der Waals surface area (Å²) in [5, 5.41) is 0. The molecule has 1 atom stereocenters. The van der Waals surface area contributed by atoms with Crippen molar-refractivity contribution in [3.05, 3.63) is 12.2 Å². The Morgan fingerprint density at radius 3 is 3.18 bits per heavy atom. The summed E-state index contributed by atoms with van der Waals surface area (Å²) in [6, 6.07) is 0.409. The molecule has 62 valence electrons. The molecule has 1 aliphatic rings. The molecule has 1 rings (SSSR count). The predicted molar refractivity (Wildman–Crippen MR) is 46.9 cm³/mol. The second-order valence-electron chi connectivity index (χ2n) is 2.72. The molecule has 1 aliphatic heterocycles. The summed E-state index contributed by atoms with van der Waals surface area (Å²) in [7, 11) is 0. The molecule has 0 aromatic rings. The third-order valence-electron chi connectivity index (χ3n) is 1.66. The first-order chi connectivity index (χ1) is 5.36. The van der Waals surface area contributed by atoms with Crippen molar-refractivity contribution in [2.75, 3.05) is 6.61 Å². The fourth-order valence-corrected chi connectivity index (χ4v) is 1.15. The topological polar surface area (TPSA) is 21.6 Å². The average Bonchev–Trinajstić information content (AvgIpc) is 2.38. The van der Waals surface area contributed by atoms with Gasteiger partial charge in [-0.1, -0.05) is 19.4 Å². The Morgan fingerprint density at radius 1 is 1.73 bits per heavy atom. The zero-order chi connectivity index (χ0) is 8.10. The van der Waals surface area contributed by atoms with E-state index >= 15 is 0 Å². The first kappa shape index (κ1) is 8.31. The summed E-state index contributed by atoms with van der Waals surface area (Å²) in [6.07, 6.45) is 6.19. The van der Waals surface area contributed by atoms with E-state index in [1.807, 2.05) is 19.1 Å². The van der Waals surface area contributed by atoms with E-state index in [0.29, 0.717) is 6.04 Å². The van der Waals surface area contributed by atoms with Gasteiger partial charge in [-0.05, 0) is 19.4 Å². The average molecular weight is 153 g/mol. The Kier molecular flexibility index (Phi) is 3.14. The molecule has 0 aromatic carbocycles. The molecule has 0 saturated carbocycles. The summed E-state index contributed by atoms with van der Waals surface area (Å²) in [5.74, 6) is 0.797. The van der Waals surface area contributed by atoms with Crippen molar-refractivity contribution < 1.29 is 4.74 Å². The smallest absolute Gasteiger partial charge is 0.208 e. The monoisotopic (exact) mass is 153 g/mol. The maximum Gasteiger partial charge on any atom is 0.208 e. The number of rotatable bonds is 3. The standard InChI is InChI=1S/C9H15NO/c1-3-5-8-7-11-9(10-8)6-4-2/h4,6,8H,3,5,7H2,1-2H3. The molecular formula is C9H15NO. The van der Waals surface area contributed by atoms with Crippen molar-refractivity contribution in [2.45, 2.75) is 32.7 Å². The van der Waals surface area contributed by atoms with Crippen LogP contribution in [0, 0.1) is 0 Å². The van der Waals surface area contributed by atoms with Crippen LogP contribution in [0.3, 0.4) is 0 Å². The summed E-state index contributed by atoms with van der Waals surface area (Å²) in [6.45, 7) is 4.91. The highest BCUT2D eigenvalue weighted by Crippen LogP contribution is 2.10. The van der Waals surface area contributed by atoms with Gasteiger partial charge in [0.1, 0.15) is 6.61 Å². The highest BCUT2D eigenvalue weighted by Gasteiger charge is 2.14. The van der Waals surface area contributed by atoms with Gasteiger partial charge in [-0.25, -0.2) is 4.99 Å². The number of hydrogen-bond acceptors (Lipinski definition) is 2. The highest BCUT2D eigenvalue weighted by molar-refractivity contribution is 5.88. The Balaban J connectivity index is 2.40. The van der Waals surface area contributed by atoms with Crippen LogP contribution >= 0.6 is 0 Å². The van der Waals surface area contributed by atoms with Gasteiger partial charge in [-0.3, -0.25) is 0 Å². The van der Waals surface area contributed by atoms with Crippen molar-refractivity contribution in [3.8, 4) is 0 Å². The molecule has 0 aromatic heterocycles. The molecule has 11 heavy (non-hydrogen) atoms. The van der Waals surface area contributed by atoms with Gasteiger partial charge in [-0.15, -0.1) is 0 Å². The van der Waals surface area contributed by atoms with Crippen LogP contribution in [-0.4, -0.2) is 18.5 Å². The zero-order valence-corrected chi connectivity index (χ0v) is 7.21. The Bertz CT molecular complexity index is 172. The quantitative estimate of drug-likeness (QED) is 0.609. The third kappa shape index (κ3) is 2.37. The van der Waals surface area contributed by atoms with Crippen LogP contribution in [0.4, 0.5) is 0 Å². The first-order valence-electron chi connectivity index (χ1n) is 4.20. The summed E-state index contributed by atoms with van der Waals surface area (Å²) in [5.41, 5.74) is 0. The third-order valence-corrected chi connectivity index (χ3v) is 1.66. The van der Waals surface area contributed by atoms with E-state index < -0.39 is 0 Å². The minimum atomic E-state index is 0.409. The predicted octanol–water partition coefficient (Wildman–Crippen LogP) is 2.16. The van der Waals surface area contributed by atoms with Gasteiger partial charge in [0, 0.05) is 0 Å². The van der Waals surface area contributed by atoms with Gasteiger partial charge >= 0.3 is 0 Å². The molecule has 1 unspecified atom stereocenters. The minimum Gasteiger partial charge on any atom is -0.476 e. The number of aliphatic imine (C=N–C) groups is 1. The molecule has 2 heteroatoms. The van der Waals surface area contributed by atoms with Crippen LogP contribution in [0.15, 0.2) is 17.1 Å². The summed E-state index contributed by atoms with van der Waals surface area (Å²) >= 11 is 0. The Labute approximate surface area is 68.0 Å². The van der Waals surface area contributed by atoms with E-state index in [4.69, 9.17) is 4.74 Å². The van der Waals surface area contributed by atoms with E-state index in [1.54, 1.807) is 0 Å². The van der Waals surface area contributed by atoms with Crippen molar-refractivity contribution in [3.63, 3.8) is 0 Å². The summed E-state index contributed by atoms with van der Waals surface area (Å²) in [4.78, 5) is 4.38. The number of allylic oxidation sites excluding steroid dienone is 1. The molecule has 0 bridgehead atoms. The SMILES string of the molecule is CC=CC1=NC(CCC)CO1. The maximum atomic E-state index is 5.32. The van der Waals surface area contributed by atoms with Gasteiger partial charge in [-0.2, -0.15) is 0 Å². The first-order valence-corrected chi connectivity index (χ1v) is 4.20. The van der Waals surface area contributed by atoms with E-state index in [1.165, 1.54) is 6.42 Å². The van der Waals surface area contributed by atoms with E-state index in [0.717, 1.165) is 18.9 Å². The Hall–Kier alpha value is -0.790. The van der Waals surface area contributed by atoms with Gasteiger partial charge in [0.25, 0.3) is 0 Å². The number of nitrogens with zero attached hydrogens (tertiary/aromatic N) is 1. The van der Waals surface area contributed by atoms with Crippen molar-refractivity contribution in [1.82, 2.24) is 0 Å². The maximum absolute atomic E-state index is 5.32. The lowest BCUT2D eigenvalue weighted by Crippen LogP contribution is -2.04. The lowest BCUT2D eigenvalue weighted by Gasteiger charge is -1.99. The molecule has 0 N–H and O–H groups in total. The van der Waals surface area contributed by atoms with Gasteiger partial charge < -0.3 is 4.74 Å². The number of hydrogen-bond donors (Lipinski definition) is 0. The van der Waals surface area contributed by atoms with Crippen LogP contribution in [0.5, 0.6) is 0 Å². The fraction of sp³-hybridized carbons (Fsp3) is 0.667. The Morgan fingerprint density at radius 2 is 2.55 bits per heavy atom. The molecule has 2 nitrogen and oxygen atoms in total. The minimum absolute atomic E-state index is 0.409. The molecule has 0 aliphatic carbocycles. The van der Waals surface area contributed by atoms with Crippen LogP contribution < -0.4 is 0 Å². The fourth-order valence-electron chi connectivity index (χ4n) is 1.15. The number of ether oxygens (including phenoxy) is 1. The van der Waals surface area contributed by atoms with E-state index in [-0.39, 0.29) is 0 Å². The molecule has 0 radical (unpaired) electrons. The molecule has 0 fully saturated rings.